The Bertz CT molecular complexity index is 5940. The topological polar surface area (TPSA) is 19.7 Å². The molecule has 0 amide bonds. The summed E-state index contributed by atoms with van der Waals surface area (Å²) in [5, 5.41) is 9.78. The van der Waals surface area contributed by atoms with E-state index in [1.807, 2.05) is 0 Å². The number of benzene rings is 14. The summed E-state index contributed by atoms with van der Waals surface area (Å²) in [6.45, 7) is 4.80. The number of nitrogens with zero attached hydrogens (tertiary/aromatic N) is 4. The highest BCUT2D eigenvalue weighted by Crippen LogP contribution is 2.54. The second-order valence-electron chi connectivity index (χ2n) is 25.2. The van der Waals surface area contributed by atoms with Gasteiger partial charge in [-0.3, -0.25) is 0 Å². The van der Waals surface area contributed by atoms with E-state index in [1.165, 1.54) is 138 Å². The van der Waals surface area contributed by atoms with Crippen LogP contribution < -0.4 is 0 Å². The first-order valence-corrected chi connectivity index (χ1v) is 31.6. The maximum Gasteiger partial charge on any atom is 0.0588 e. The summed E-state index contributed by atoms with van der Waals surface area (Å²) in [5.41, 5.74) is 28.7. The van der Waals surface area contributed by atoms with Crippen molar-refractivity contribution >= 4 is 87.2 Å². The van der Waals surface area contributed by atoms with Crippen molar-refractivity contribution in [3.8, 4) is 78.4 Å². The van der Waals surface area contributed by atoms with Gasteiger partial charge in [-0.1, -0.05) is 208 Å². The highest BCUT2D eigenvalue weighted by Gasteiger charge is 2.38. The molecule has 4 aromatic heterocycles. The van der Waals surface area contributed by atoms with Gasteiger partial charge in [0.15, 0.2) is 0 Å². The fraction of sp³-hybridized carbons (Fsp3) is 0.0345. The minimum Gasteiger partial charge on any atom is -0.309 e. The van der Waals surface area contributed by atoms with Gasteiger partial charge in [0.05, 0.1) is 44.1 Å². The van der Waals surface area contributed by atoms with Crippen molar-refractivity contribution in [1.82, 2.24) is 18.3 Å². The van der Waals surface area contributed by atoms with Gasteiger partial charge in [-0.05, 0) is 188 Å². The van der Waals surface area contributed by atoms with Crippen LogP contribution in [0.25, 0.3) is 166 Å². The van der Waals surface area contributed by atoms with Crippen molar-refractivity contribution < 1.29 is 0 Å². The first-order chi connectivity index (χ1) is 44.9. The largest absolute Gasteiger partial charge is 0.309 e. The van der Waals surface area contributed by atoms with Gasteiger partial charge in [-0.2, -0.15) is 0 Å². The molecule has 1 aliphatic rings. The molecule has 0 saturated carbocycles. The number of rotatable bonds is 8. The fourth-order valence-corrected chi connectivity index (χ4v) is 15.8. The maximum absolute atomic E-state index is 2.52. The molecule has 0 bridgehead atoms. The lowest BCUT2D eigenvalue weighted by Gasteiger charge is -2.23. The minimum absolute atomic E-state index is 0.184. The van der Waals surface area contributed by atoms with Gasteiger partial charge in [-0.25, -0.2) is 0 Å². The molecular weight excluding hydrogens is 1100 g/mol. The van der Waals surface area contributed by atoms with Gasteiger partial charge in [0.1, 0.15) is 0 Å². The van der Waals surface area contributed by atoms with Crippen molar-refractivity contribution in [3.63, 3.8) is 0 Å². The van der Waals surface area contributed by atoms with Gasteiger partial charge in [0.25, 0.3) is 0 Å². The van der Waals surface area contributed by atoms with E-state index in [2.05, 4.69) is 348 Å². The summed E-state index contributed by atoms with van der Waals surface area (Å²) in [7, 11) is 0. The molecule has 1 aliphatic carbocycles. The summed E-state index contributed by atoms with van der Waals surface area (Å²) in [6, 6.07) is 117. The lowest BCUT2D eigenvalue weighted by Crippen LogP contribution is -2.16. The van der Waals surface area contributed by atoms with Crippen LogP contribution in [0.3, 0.4) is 0 Å². The number of hydrogen-bond donors (Lipinski definition) is 0. The Morgan fingerprint density at radius 2 is 0.582 bits per heavy atom. The smallest absolute Gasteiger partial charge is 0.0588 e. The quantitative estimate of drug-likeness (QED) is 0.144. The van der Waals surface area contributed by atoms with Crippen LogP contribution in [-0.2, 0) is 5.41 Å². The van der Waals surface area contributed by atoms with Crippen LogP contribution in [0.5, 0.6) is 0 Å². The number of hydrogen-bond acceptors (Lipinski definition) is 0. The predicted molar refractivity (Wildman–Crippen MR) is 383 cm³/mol. The summed E-state index contributed by atoms with van der Waals surface area (Å²) in [4.78, 5) is 0. The Labute approximate surface area is 526 Å². The van der Waals surface area contributed by atoms with Crippen LogP contribution in [0.1, 0.15) is 25.0 Å². The van der Waals surface area contributed by atoms with Gasteiger partial charge in [0.2, 0.25) is 0 Å². The van der Waals surface area contributed by atoms with Crippen molar-refractivity contribution in [1.29, 1.82) is 0 Å². The lowest BCUT2D eigenvalue weighted by molar-refractivity contribution is 0.664. The minimum atomic E-state index is -0.184. The van der Waals surface area contributed by atoms with Crippen LogP contribution in [-0.4, -0.2) is 18.3 Å². The zero-order chi connectivity index (χ0) is 60.1. The molecule has 4 heterocycles. The Kier molecular flexibility index (Phi) is 11.1. The van der Waals surface area contributed by atoms with Crippen molar-refractivity contribution in [3.05, 3.63) is 327 Å². The highest BCUT2D eigenvalue weighted by atomic mass is 15.0. The Hall–Kier alpha value is -11.7. The van der Waals surface area contributed by atoms with E-state index < -0.39 is 0 Å². The molecule has 19 rings (SSSR count). The zero-order valence-corrected chi connectivity index (χ0v) is 50.3. The third-order valence-corrected chi connectivity index (χ3v) is 19.9. The Morgan fingerprint density at radius 3 is 1.10 bits per heavy atom. The molecule has 14 aromatic carbocycles. The van der Waals surface area contributed by atoms with Crippen molar-refractivity contribution in [2.24, 2.45) is 0 Å². The van der Waals surface area contributed by atoms with Gasteiger partial charge in [0, 0.05) is 71.3 Å². The standard InChI is InChI=1S/C87H58N4/c1-87(2)77-34-20-18-32-67(77)69-40-41-70-71-49-57(39-45-82(71)91(86(70)85(69)87)65-30-16-7-17-31-65)58-36-42-79-72(50-58)73-51-59(37-43-80(73)88(79)63-26-12-5-13-27-63)60-38-44-81-74(52-60)76-54-83-75(68-33-19-21-35-78(68)89(83)64-28-14-6-15-29-64)53-84(76)90(81)66-47-61(55-22-8-3-9-23-55)46-62(48-66)56-24-10-4-11-25-56/h3-54H,1-2H3. The number of aromatic nitrogens is 4. The first-order valence-electron chi connectivity index (χ1n) is 31.6. The molecule has 0 radical (unpaired) electrons. The first kappa shape index (κ1) is 51.3. The number of para-hydroxylation sites is 4. The summed E-state index contributed by atoms with van der Waals surface area (Å²) in [5.74, 6) is 0. The molecule has 0 fully saturated rings. The molecule has 0 unspecified atom stereocenters. The van der Waals surface area contributed by atoms with Crippen LogP contribution in [0, 0.1) is 0 Å². The third kappa shape index (κ3) is 7.70. The average Bonchev–Trinajstić information content (AvgIpc) is 1.55. The third-order valence-electron chi connectivity index (χ3n) is 19.9. The van der Waals surface area contributed by atoms with Crippen LogP contribution in [0.2, 0.25) is 0 Å². The normalized spacial score (nSPS) is 12.8. The van der Waals surface area contributed by atoms with Crippen molar-refractivity contribution in [2.45, 2.75) is 19.3 Å². The van der Waals surface area contributed by atoms with E-state index in [1.54, 1.807) is 0 Å². The second kappa shape index (κ2) is 19.6. The summed E-state index contributed by atoms with van der Waals surface area (Å²) < 4.78 is 9.92. The van der Waals surface area contributed by atoms with Gasteiger partial charge < -0.3 is 18.3 Å². The number of fused-ring (bicyclic) bond motifs is 16. The summed E-state index contributed by atoms with van der Waals surface area (Å²) >= 11 is 0. The Morgan fingerprint density at radius 1 is 0.209 bits per heavy atom. The van der Waals surface area contributed by atoms with E-state index >= 15 is 0 Å². The molecule has 91 heavy (non-hydrogen) atoms. The maximum atomic E-state index is 2.52. The van der Waals surface area contributed by atoms with E-state index in [4.69, 9.17) is 0 Å². The Balaban J connectivity index is 0.823. The fourth-order valence-electron chi connectivity index (χ4n) is 15.8. The molecule has 0 N–H and O–H groups in total. The lowest BCUT2D eigenvalue weighted by atomic mass is 9.81. The van der Waals surface area contributed by atoms with Crippen LogP contribution in [0.4, 0.5) is 0 Å². The van der Waals surface area contributed by atoms with E-state index in [0.29, 0.717) is 0 Å². The SMILES string of the molecule is CC1(C)c2ccccc2-c2ccc3c4cc(-c5ccc6c(c5)c5cc(-c7ccc8c(c7)c7cc9c(cc7n8-c7cc(-c8ccccc8)cc(-c8ccccc8)c7)c7ccccc7n9-c7ccccc7)ccc5n6-c5ccccc5)ccc4n(-c4ccccc4)c3c21. The van der Waals surface area contributed by atoms with Crippen LogP contribution >= 0.6 is 0 Å². The molecule has 18 aromatic rings. The molecule has 0 atom stereocenters. The van der Waals surface area contributed by atoms with E-state index in [9.17, 15) is 0 Å². The van der Waals surface area contributed by atoms with Gasteiger partial charge in [-0.15, -0.1) is 0 Å². The molecule has 4 nitrogen and oxygen atoms in total. The predicted octanol–water partition coefficient (Wildman–Crippen LogP) is 23.0. The van der Waals surface area contributed by atoms with Gasteiger partial charge >= 0.3 is 0 Å². The molecular formula is C87H58N4. The monoisotopic (exact) mass is 1160 g/mol. The van der Waals surface area contributed by atoms with E-state index in [-0.39, 0.29) is 5.41 Å². The van der Waals surface area contributed by atoms with Crippen LogP contribution in [0.15, 0.2) is 315 Å². The average molecular weight is 1160 g/mol. The zero-order valence-electron chi connectivity index (χ0n) is 50.3. The second-order valence-corrected chi connectivity index (χ2v) is 25.2. The van der Waals surface area contributed by atoms with E-state index in [0.717, 1.165) is 39.2 Å². The molecule has 0 aliphatic heterocycles. The molecule has 4 heteroatoms. The van der Waals surface area contributed by atoms with Crippen molar-refractivity contribution in [2.75, 3.05) is 0 Å². The molecule has 0 saturated heterocycles. The molecule has 426 valence electrons. The highest BCUT2D eigenvalue weighted by molar-refractivity contribution is 6.20. The summed E-state index contributed by atoms with van der Waals surface area (Å²) in [6.07, 6.45) is 0. The molecule has 0 spiro atoms.